The summed E-state index contributed by atoms with van der Waals surface area (Å²) < 4.78 is 23.2. The fraction of sp³-hybridized carbons (Fsp3) is 0.235. The van der Waals surface area contributed by atoms with Crippen molar-refractivity contribution in [3.05, 3.63) is 63.2 Å². The Balaban J connectivity index is 2.44. The van der Waals surface area contributed by atoms with Crippen LogP contribution in [0.1, 0.15) is 24.2 Å². The summed E-state index contributed by atoms with van der Waals surface area (Å²) in [5.74, 6) is -0.438. The Hall–Kier alpha value is -2.45. The maximum absolute atomic E-state index is 12.9. The van der Waals surface area contributed by atoms with Crippen LogP contribution in [0.2, 0.25) is 5.02 Å². The Morgan fingerprint density at radius 3 is 2.15 bits per heavy atom. The average Bonchev–Trinajstić information content (AvgIpc) is 2.54. The third-order valence-corrected chi connectivity index (χ3v) is 5.11. The molecule has 0 heterocycles. The SMILES string of the molecule is CC(C)N(C(=O)c1ccc([N+](=O)[O-])cc1Cl)c1ccc(S(C)(=O)=O)cc1. The number of rotatable bonds is 5. The van der Waals surface area contributed by atoms with Crippen LogP contribution in [0, 0.1) is 10.1 Å². The van der Waals surface area contributed by atoms with E-state index in [0.717, 1.165) is 12.3 Å². The number of nitrogens with zero attached hydrogens (tertiary/aromatic N) is 2. The zero-order valence-corrected chi connectivity index (χ0v) is 15.9. The van der Waals surface area contributed by atoms with Crippen LogP contribution in [0.5, 0.6) is 0 Å². The molecule has 0 radical (unpaired) electrons. The molecule has 0 bridgehead atoms. The van der Waals surface area contributed by atoms with Crippen LogP contribution in [-0.2, 0) is 9.84 Å². The molecule has 2 aromatic carbocycles. The van der Waals surface area contributed by atoms with Crippen molar-refractivity contribution in [3.63, 3.8) is 0 Å². The minimum Gasteiger partial charge on any atom is -0.306 e. The molecule has 0 N–H and O–H groups in total. The average molecular weight is 397 g/mol. The van der Waals surface area contributed by atoms with Crippen molar-refractivity contribution in [2.45, 2.75) is 24.8 Å². The summed E-state index contributed by atoms with van der Waals surface area (Å²) >= 11 is 6.06. The van der Waals surface area contributed by atoms with Gasteiger partial charge in [0.15, 0.2) is 9.84 Å². The molecule has 9 heteroatoms. The van der Waals surface area contributed by atoms with Gasteiger partial charge in [-0.1, -0.05) is 11.6 Å². The van der Waals surface area contributed by atoms with Crippen LogP contribution < -0.4 is 4.90 Å². The van der Waals surface area contributed by atoms with E-state index in [9.17, 15) is 23.3 Å². The summed E-state index contributed by atoms with van der Waals surface area (Å²) in [4.78, 5) is 24.7. The number of hydrogen-bond donors (Lipinski definition) is 0. The van der Waals surface area contributed by atoms with E-state index in [1.807, 2.05) is 0 Å². The summed E-state index contributed by atoms with van der Waals surface area (Å²) in [5, 5.41) is 10.8. The second-order valence-corrected chi connectivity index (χ2v) is 8.38. The van der Waals surface area contributed by atoms with Gasteiger partial charge < -0.3 is 4.90 Å². The first-order valence-corrected chi connectivity index (χ1v) is 9.87. The predicted octanol–water partition coefficient (Wildman–Crippen LogP) is 3.71. The lowest BCUT2D eigenvalue weighted by atomic mass is 10.1. The van der Waals surface area contributed by atoms with Crippen LogP contribution in [0.25, 0.3) is 0 Å². The molecule has 0 saturated heterocycles. The Morgan fingerprint density at radius 2 is 1.73 bits per heavy atom. The van der Waals surface area contributed by atoms with Gasteiger partial charge in [0.2, 0.25) is 0 Å². The summed E-state index contributed by atoms with van der Waals surface area (Å²) in [6, 6.07) is 9.31. The van der Waals surface area contributed by atoms with Crippen molar-refractivity contribution in [3.8, 4) is 0 Å². The Kier molecular flexibility index (Phi) is 5.68. The maximum atomic E-state index is 12.9. The zero-order valence-electron chi connectivity index (χ0n) is 14.3. The standard InChI is InChI=1S/C17H17ClN2O5S/c1-11(2)19(12-4-7-14(8-5-12)26(3,24)25)17(21)15-9-6-13(20(22)23)10-16(15)18/h4-11H,1-3H3. The number of carbonyl (C=O) groups is 1. The van der Waals surface area contributed by atoms with Gasteiger partial charge in [0.25, 0.3) is 11.6 Å². The number of carbonyl (C=O) groups excluding carboxylic acids is 1. The summed E-state index contributed by atoms with van der Waals surface area (Å²) in [6.45, 7) is 3.59. The minimum absolute atomic E-state index is 0.0254. The zero-order chi connectivity index (χ0) is 19.6. The third-order valence-electron chi connectivity index (χ3n) is 3.67. The van der Waals surface area contributed by atoms with Crippen molar-refractivity contribution in [1.29, 1.82) is 0 Å². The monoisotopic (exact) mass is 396 g/mol. The third kappa shape index (κ3) is 4.20. The highest BCUT2D eigenvalue weighted by molar-refractivity contribution is 7.90. The lowest BCUT2D eigenvalue weighted by Crippen LogP contribution is -2.37. The molecule has 2 rings (SSSR count). The van der Waals surface area contributed by atoms with E-state index in [1.165, 1.54) is 41.3 Å². The molecule has 0 aromatic heterocycles. The summed E-state index contributed by atoms with van der Waals surface area (Å²) in [5.41, 5.74) is 0.408. The second-order valence-electron chi connectivity index (χ2n) is 5.96. The number of non-ortho nitro benzene ring substituents is 1. The molecular weight excluding hydrogens is 380 g/mol. The molecule has 0 saturated carbocycles. The van der Waals surface area contributed by atoms with Gasteiger partial charge >= 0.3 is 0 Å². The molecule has 2 aromatic rings. The van der Waals surface area contributed by atoms with Gasteiger partial charge in [0.1, 0.15) is 0 Å². The van der Waals surface area contributed by atoms with E-state index in [4.69, 9.17) is 11.6 Å². The van der Waals surface area contributed by atoms with Crippen molar-refractivity contribution in [2.75, 3.05) is 11.2 Å². The Morgan fingerprint density at radius 1 is 1.15 bits per heavy atom. The topological polar surface area (TPSA) is 97.6 Å². The molecule has 0 spiro atoms. The van der Waals surface area contributed by atoms with Gasteiger partial charge in [-0.2, -0.15) is 0 Å². The van der Waals surface area contributed by atoms with Crippen LogP contribution in [-0.4, -0.2) is 31.5 Å². The molecule has 0 fully saturated rings. The largest absolute Gasteiger partial charge is 0.306 e. The van der Waals surface area contributed by atoms with E-state index in [0.29, 0.717) is 5.69 Å². The van der Waals surface area contributed by atoms with E-state index >= 15 is 0 Å². The highest BCUT2D eigenvalue weighted by Gasteiger charge is 2.24. The van der Waals surface area contributed by atoms with E-state index in [1.54, 1.807) is 13.8 Å². The molecular formula is C17H17ClN2O5S. The normalized spacial score (nSPS) is 11.4. The molecule has 0 atom stereocenters. The van der Waals surface area contributed by atoms with Crippen molar-refractivity contribution < 1.29 is 18.1 Å². The number of nitro groups is 1. The highest BCUT2D eigenvalue weighted by atomic mass is 35.5. The van der Waals surface area contributed by atoms with Gasteiger partial charge in [-0.15, -0.1) is 0 Å². The number of sulfone groups is 1. The molecule has 0 aliphatic carbocycles. The summed E-state index contributed by atoms with van der Waals surface area (Å²) in [7, 11) is -3.35. The number of benzene rings is 2. The number of nitro benzene ring substituents is 1. The Bertz CT molecular complexity index is 956. The molecule has 7 nitrogen and oxygen atoms in total. The van der Waals surface area contributed by atoms with E-state index < -0.39 is 20.7 Å². The van der Waals surface area contributed by atoms with Crippen molar-refractivity contribution in [1.82, 2.24) is 0 Å². The number of amides is 1. The minimum atomic E-state index is -3.35. The lowest BCUT2D eigenvalue weighted by Gasteiger charge is -2.27. The molecule has 0 aliphatic heterocycles. The van der Waals surface area contributed by atoms with Gasteiger partial charge in [-0.3, -0.25) is 14.9 Å². The predicted molar refractivity (Wildman–Crippen MR) is 99.6 cm³/mol. The molecule has 0 aliphatic rings. The maximum Gasteiger partial charge on any atom is 0.270 e. The first-order chi connectivity index (χ1) is 12.0. The summed E-state index contributed by atoms with van der Waals surface area (Å²) in [6.07, 6.45) is 1.10. The molecule has 1 amide bonds. The van der Waals surface area contributed by atoms with Gasteiger partial charge in [0.05, 0.1) is 20.4 Å². The van der Waals surface area contributed by atoms with Gasteiger partial charge in [-0.05, 0) is 44.2 Å². The lowest BCUT2D eigenvalue weighted by molar-refractivity contribution is -0.384. The number of hydrogen-bond acceptors (Lipinski definition) is 5. The van der Waals surface area contributed by atoms with E-state index in [2.05, 4.69) is 0 Å². The number of halogens is 1. The fourth-order valence-electron chi connectivity index (χ4n) is 2.42. The molecule has 0 unspecified atom stereocenters. The smallest absolute Gasteiger partial charge is 0.270 e. The quantitative estimate of drug-likeness (QED) is 0.566. The van der Waals surface area contributed by atoms with E-state index in [-0.39, 0.29) is 27.2 Å². The second kappa shape index (κ2) is 7.43. The van der Waals surface area contributed by atoms with Crippen LogP contribution in [0.15, 0.2) is 47.4 Å². The van der Waals surface area contributed by atoms with Gasteiger partial charge in [-0.25, -0.2) is 8.42 Å². The molecule has 138 valence electrons. The van der Waals surface area contributed by atoms with Crippen molar-refractivity contribution >= 4 is 38.7 Å². The molecule has 26 heavy (non-hydrogen) atoms. The highest BCUT2D eigenvalue weighted by Crippen LogP contribution is 2.27. The van der Waals surface area contributed by atoms with Crippen LogP contribution >= 0.6 is 11.6 Å². The fourth-order valence-corrected chi connectivity index (χ4v) is 3.31. The first kappa shape index (κ1) is 19.9. The van der Waals surface area contributed by atoms with Crippen molar-refractivity contribution in [2.24, 2.45) is 0 Å². The Labute approximate surface area is 156 Å². The van der Waals surface area contributed by atoms with Crippen LogP contribution in [0.3, 0.4) is 0 Å². The van der Waals surface area contributed by atoms with Crippen LogP contribution in [0.4, 0.5) is 11.4 Å². The number of anilines is 1. The first-order valence-electron chi connectivity index (χ1n) is 7.60. The van der Waals surface area contributed by atoms with Gasteiger partial charge in [0, 0.05) is 30.1 Å².